The van der Waals surface area contributed by atoms with Crippen LogP contribution in [-0.2, 0) is 6.54 Å². The highest BCUT2D eigenvalue weighted by atomic mass is 35.5. The van der Waals surface area contributed by atoms with Crippen molar-refractivity contribution in [2.75, 3.05) is 0 Å². The molecule has 74 valence electrons. The number of rotatable bonds is 2. The summed E-state index contributed by atoms with van der Waals surface area (Å²) < 4.78 is 1.78. The first-order valence-electron chi connectivity index (χ1n) is 4.32. The number of hydrogen-bond donors (Lipinski definition) is 1. The van der Waals surface area contributed by atoms with Gasteiger partial charge in [0, 0.05) is 0 Å². The summed E-state index contributed by atoms with van der Waals surface area (Å²) in [5, 5.41) is 9.68. The maximum absolute atomic E-state index is 9.24. The Morgan fingerprint density at radius 3 is 3.07 bits per heavy atom. The fraction of sp³-hybridized carbons (Fsp3) is 0.333. The van der Waals surface area contributed by atoms with Gasteiger partial charge in [-0.15, -0.1) is 0 Å². The van der Waals surface area contributed by atoms with Gasteiger partial charge in [0.2, 0.25) is 0 Å². The lowest BCUT2D eigenvalue weighted by atomic mass is 10.4. The van der Waals surface area contributed by atoms with Crippen LogP contribution in [0, 0.1) is 0 Å². The van der Waals surface area contributed by atoms with Gasteiger partial charge in [0.15, 0.2) is 5.65 Å². The van der Waals surface area contributed by atoms with Crippen LogP contribution in [0.4, 0.5) is 0 Å². The van der Waals surface area contributed by atoms with E-state index >= 15 is 0 Å². The molecule has 0 radical (unpaired) electrons. The molecule has 2 heterocycles. The van der Waals surface area contributed by atoms with Crippen molar-refractivity contribution in [2.24, 2.45) is 0 Å². The molecule has 0 saturated heterocycles. The fourth-order valence-corrected chi connectivity index (χ4v) is 1.48. The maximum atomic E-state index is 9.24. The third-order valence-electron chi connectivity index (χ3n) is 1.89. The van der Waals surface area contributed by atoms with E-state index in [-0.39, 0.29) is 0 Å². The van der Waals surface area contributed by atoms with E-state index in [2.05, 4.69) is 9.97 Å². The van der Waals surface area contributed by atoms with Crippen LogP contribution in [0.5, 0.6) is 0 Å². The van der Waals surface area contributed by atoms with Crippen molar-refractivity contribution in [2.45, 2.75) is 19.6 Å². The van der Waals surface area contributed by atoms with Crippen molar-refractivity contribution >= 4 is 22.8 Å². The average molecular weight is 212 g/mol. The molecule has 2 aromatic heterocycles. The van der Waals surface area contributed by atoms with Gasteiger partial charge in [0.25, 0.3) is 0 Å². The minimum atomic E-state index is -0.423. The van der Waals surface area contributed by atoms with Crippen LogP contribution >= 0.6 is 11.6 Å². The molecule has 0 unspecified atom stereocenters. The van der Waals surface area contributed by atoms with Gasteiger partial charge in [-0.3, -0.25) is 0 Å². The summed E-state index contributed by atoms with van der Waals surface area (Å²) in [7, 11) is 0. The van der Waals surface area contributed by atoms with Crippen molar-refractivity contribution < 1.29 is 5.11 Å². The number of pyridine rings is 1. The van der Waals surface area contributed by atoms with Gasteiger partial charge in [-0.2, -0.15) is 0 Å². The lowest BCUT2D eigenvalue weighted by Gasteiger charge is -2.05. The first-order chi connectivity index (χ1) is 6.66. The lowest BCUT2D eigenvalue weighted by Crippen LogP contribution is -2.11. The van der Waals surface area contributed by atoms with Crippen LogP contribution in [0.15, 0.2) is 18.5 Å². The summed E-state index contributed by atoms with van der Waals surface area (Å²) in [4.78, 5) is 8.29. The van der Waals surface area contributed by atoms with Crippen LogP contribution in [0.2, 0.25) is 5.15 Å². The molecule has 14 heavy (non-hydrogen) atoms. The van der Waals surface area contributed by atoms with Crippen LogP contribution < -0.4 is 0 Å². The van der Waals surface area contributed by atoms with E-state index in [9.17, 15) is 5.11 Å². The summed E-state index contributed by atoms with van der Waals surface area (Å²) in [6, 6.07) is 3.51. The molecule has 5 heteroatoms. The SMILES string of the molecule is C[C@H](O)Cn1cnc2ccc(Cl)nc21. The van der Waals surface area contributed by atoms with Gasteiger partial charge in [-0.1, -0.05) is 11.6 Å². The fourth-order valence-electron chi connectivity index (χ4n) is 1.33. The Morgan fingerprint density at radius 1 is 1.57 bits per heavy atom. The van der Waals surface area contributed by atoms with Gasteiger partial charge >= 0.3 is 0 Å². The number of nitrogens with zero attached hydrogens (tertiary/aromatic N) is 3. The molecule has 0 bridgehead atoms. The van der Waals surface area contributed by atoms with Crippen LogP contribution in [0.3, 0.4) is 0 Å². The molecule has 1 atom stereocenters. The summed E-state index contributed by atoms with van der Waals surface area (Å²) in [5.41, 5.74) is 1.49. The van der Waals surface area contributed by atoms with E-state index in [4.69, 9.17) is 11.6 Å². The zero-order valence-corrected chi connectivity index (χ0v) is 8.44. The van der Waals surface area contributed by atoms with E-state index in [0.717, 1.165) is 5.52 Å². The minimum absolute atomic E-state index is 0.423. The van der Waals surface area contributed by atoms with E-state index in [1.54, 1.807) is 23.9 Å². The van der Waals surface area contributed by atoms with Crippen molar-refractivity contribution in [1.29, 1.82) is 0 Å². The van der Waals surface area contributed by atoms with Crippen molar-refractivity contribution in [3.05, 3.63) is 23.6 Å². The van der Waals surface area contributed by atoms with Gasteiger partial charge in [0.1, 0.15) is 10.7 Å². The summed E-state index contributed by atoms with van der Waals surface area (Å²) in [5.74, 6) is 0. The molecule has 1 N–H and O–H groups in total. The molecule has 0 aliphatic heterocycles. The summed E-state index contributed by atoms with van der Waals surface area (Å²) >= 11 is 5.77. The number of halogens is 1. The monoisotopic (exact) mass is 211 g/mol. The number of imidazole rings is 1. The Balaban J connectivity index is 2.50. The van der Waals surface area contributed by atoms with Crippen LogP contribution in [0.1, 0.15) is 6.92 Å². The van der Waals surface area contributed by atoms with Crippen molar-refractivity contribution in [3.63, 3.8) is 0 Å². The topological polar surface area (TPSA) is 50.9 Å². The zero-order valence-electron chi connectivity index (χ0n) is 7.68. The number of fused-ring (bicyclic) bond motifs is 1. The summed E-state index contributed by atoms with van der Waals surface area (Å²) in [6.07, 6.45) is 1.23. The molecule has 0 fully saturated rings. The first-order valence-corrected chi connectivity index (χ1v) is 4.70. The second-order valence-corrected chi connectivity index (χ2v) is 3.61. The standard InChI is InChI=1S/C9H10ClN3O/c1-6(14)4-13-5-11-7-2-3-8(10)12-9(7)13/h2-3,5-6,14H,4H2,1H3/t6-/m0/s1. The smallest absolute Gasteiger partial charge is 0.161 e. The molecular formula is C9H10ClN3O. The summed E-state index contributed by atoms with van der Waals surface area (Å²) in [6.45, 7) is 2.19. The third-order valence-corrected chi connectivity index (χ3v) is 2.10. The van der Waals surface area contributed by atoms with Crippen LogP contribution in [-0.4, -0.2) is 25.7 Å². The molecule has 0 spiro atoms. The molecule has 2 aromatic rings. The predicted octanol–water partition coefficient (Wildman–Crippen LogP) is 1.47. The molecule has 2 rings (SSSR count). The highest BCUT2D eigenvalue weighted by Gasteiger charge is 2.06. The number of aromatic nitrogens is 3. The second-order valence-electron chi connectivity index (χ2n) is 3.22. The number of aliphatic hydroxyl groups is 1. The number of hydrogen-bond acceptors (Lipinski definition) is 3. The normalized spacial score (nSPS) is 13.4. The van der Waals surface area contributed by atoms with E-state index in [1.165, 1.54) is 0 Å². The predicted molar refractivity (Wildman–Crippen MR) is 54.2 cm³/mol. The van der Waals surface area contributed by atoms with Gasteiger partial charge in [0.05, 0.1) is 19.0 Å². The largest absolute Gasteiger partial charge is 0.392 e. The second kappa shape index (κ2) is 3.55. The Labute approximate surface area is 86.2 Å². The molecule has 0 amide bonds. The van der Waals surface area contributed by atoms with E-state index < -0.39 is 6.10 Å². The van der Waals surface area contributed by atoms with Crippen LogP contribution in [0.25, 0.3) is 11.2 Å². The maximum Gasteiger partial charge on any atom is 0.161 e. The van der Waals surface area contributed by atoms with Gasteiger partial charge < -0.3 is 9.67 Å². The molecule has 4 nitrogen and oxygen atoms in total. The first kappa shape index (κ1) is 9.43. The Morgan fingerprint density at radius 2 is 2.36 bits per heavy atom. The molecule has 0 aromatic carbocycles. The van der Waals surface area contributed by atoms with Gasteiger partial charge in [-0.05, 0) is 19.1 Å². The Kier molecular flexibility index (Phi) is 2.39. The lowest BCUT2D eigenvalue weighted by molar-refractivity contribution is 0.175. The quantitative estimate of drug-likeness (QED) is 0.766. The van der Waals surface area contributed by atoms with E-state index in [1.807, 2.05) is 6.07 Å². The Hall–Kier alpha value is -1.13. The zero-order chi connectivity index (χ0) is 10.1. The third kappa shape index (κ3) is 1.71. The van der Waals surface area contributed by atoms with Crippen molar-refractivity contribution in [3.8, 4) is 0 Å². The Bertz CT molecular complexity index is 452. The number of aliphatic hydroxyl groups excluding tert-OH is 1. The average Bonchev–Trinajstić information content (AvgIpc) is 2.47. The van der Waals surface area contributed by atoms with Gasteiger partial charge in [-0.25, -0.2) is 9.97 Å². The molecule has 0 aliphatic carbocycles. The van der Waals surface area contributed by atoms with E-state index in [0.29, 0.717) is 17.3 Å². The minimum Gasteiger partial charge on any atom is -0.392 e. The highest BCUT2D eigenvalue weighted by Crippen LogP contribution is 2.14. The molecular weight excluding hydrogens is 202 g/mol. The highest BCUT2D eigenvalue weighted by molar-refractivity contribution is 6.29. The van der Waals surface area contributed by atoms with Crippen molar-refractivity contribution in [1.82, 2.24) is 14.5 Å². The molecule has 0 saturated carbocycles. The molecule has 0 aliphatic rings.